The summed E-state index contributed by atoms with van der Waals surface area (Å²) < 4.78 is 5.58. The maximum atomic E-state index is 12.5. The molecule has 2 aromatic carbocycles. The van der Waals surface area contributed by atoms with Crippen molar-refractivity contribution in [1.29, 1.82) is 0 Å². The minimum Gasteiger partial charge on any atom is -0.481 e. The van der Waals surface area contributed by atoms with E-state index in [4.69, 9.17) is 9.84 Å². The van der Waals surface area contributed by atoms with Gasteiger partial charge >= 0.3 is 12.1 Å². The number of benzene rings is 2. The maximum absolute atomic E-state index is 12.5. The second-order valence-electron chi connectivity index (χ2n) is 9.29. The number of carboxylic acids is 1. The molecule has 0 saturated heterocycles. The van der Waals surface area contributed by atoms with Gasteiger partial charge in [0, 0.05) is 25.4 Å². The molecule has 0 fully saturated rings. The van der Waals surface area contributed by atoms with E-state index in [2.05, 4.69) is 34.9 Å². The summed E-state index contributed by atoms with van der Waals surface area (Å²) in [6.45, 7) is 6.51. The fourth-order valence-corrected chi connectivity index (χ4v) is 4.27. The summed E-state index contributed by atoms with van der Waals surface area (Å²) in [6, 6.07) is 16.4. The fraction of sp³-hybridized carbons (Fsp3) is 0.444. The lowest BCUT2D eigenvalue weighted by Gasteiger charge is -2.21. The Kier molecular flexibility index (Phi) is 8.68. The summed E-state index contributed by atoms with van der Waals surface area (Å²) in [6.07, 6.45) is 0.136. The van der Waals surface area contributed by atoms with Gasteiger partial charge in [-0.05, 0) is 40.5 Å². The van der Waals surface area contributed by atoms with E-state index in [1.165, 1.54) is 11.1 Å². The van der Waals surface area contributed by atoms with Gasteiger partial charge in [0.1, 0.15) is 6.61 Å². The molecular formula is C27H34N2O5. The second kappa shape index (κ2) is 11.7. The van der Waals surface area contributed by atoms with Crippen LogP contribution in [0.3, 0.4) is 0 Å². The first-order chi connectivity index (χ1) is 16.3. The third-order valence-corrected chi connectivity index (χ3v) is 6.56. The van der Waals surface area contributed by atoms with Crippen LogP contribution in [0.25, 0.3) is 11.1 Å². The van der Waals surface area contributed by atoms with E-state index in [9.17, 15) is 14.4 Å². The average Bonchev–Trinajstić information content (AvgIpc) is 3.13. The summed E-state index contributed by atoms with van der Waals surface area (Å²) in [5.74, 6) is -1.41. The highest BCUT2D eigenvalue weighted by Crippen LogP contribution is 2.44. The number of aliphatic carboxylic acids is 1. The molecule has 1 aliphatic rings. The molecule has 0 spiro atoms. The first kappa shape index (κ1) is 25.3. The van der Waals surface area contributed by atoms with E-state index in [0.29, 0.717) is 19.5 Å². The van der Waals surface area contributed by atoms with Crippen molar-refractivity contribution in [2.45, 2.75) is 39.5 Å². The molecule has 2 amide bonds. The van der Waals surface area contributed by atoms with Crippen molar-refractivity contribution < 1.29 is 24.2 Å². The van der Waals surface area contributed by atoms with Crippen molar-refractivity contribution in [2.24, 2.45) is 17.8 Å². The third kappa shape index (κ3) is 6.37. The molecule has 3 N–H and O–H groups in total. The Labute approximate surface area is 200 Å². The zero-order valence-electron chi connectivity index (χ0n) is 20.0. The first-order valence-corrected chi connectivity index (χ1v) is 11.9. The van der Waals surface area contributed by atoms with Gasteiger partial charge in [0.05, 0.1) is 5.92 Å². The number of carboxylic acid groups (broad SMARTS) is 1. The number of hydrogen-bond donors (Lipinski definition) is 3. The van der Waals surface area contributed by atoms with Crippen molar-refractivity contribution >= 4 is 18.0 Å². The van der Waals surface area contributed by atoms with Gasteiger partial charge in [0.15, 0.2) is 0 Å². The summed E-state index contributed by atoms with van der Waals surface area (Å²) in [4.78, 5) is 35.6. The minimum absolute atomic E-state index is 0.00184. The van der Waals surface area contributed by atoms with Crippen molar-refractivity contribution in [3.8, 4) is 11.1 Å². The Hall–Kier alpha value is -3.35. The smallest absolute Gasteiger partial charge is 0.407 e. The van der Waals surface area contributed by atoms with Crippen LogP contribution in [-0.2, 0) is 14.3 Å². The van der Waals surface area contributed by atoms with Gasteiger partial charge in [0.2, 0.25) is 5.91 Å². The highest BCUT2D eigenvalue weighted by molar-refractivity contribution is 5.79. The van der Waals surface area contributed by atoms with Gasteiger partial charge in [-0.1, -0.05) is 69.3 Å². The van der Waals surface area contributed by atoms with Crippen molar-refractivity contribution in [2.75, 3.05) is 19.7 Å². The van der Waals surface area contributed by atoms with E-state index >= 15 is 0 Å². The highest BCUT2D eigenvalue weighted by atomic mass is 16.5. The zero-order valence-corrected chi connectivity index (χ0v) is 20.0. The van der Waals surface area contributed by atoms with Crippen molar-refractivity contribution in [1.82, 2.24) is 10.6 Å². The molecular weight excluding hydrogens is 432 g/mol. The molecule has 0 heterocycles. The Morgan fingerprint density at radius 2 is 1.53 bits per heavy atom. The van der Waals surface area contributed by atoms with E-state index in [0.717, 1.165) is 11.1 Å². The lowest BCUT2D eigenvalue weighted by molar-refractivity contribution is -0.141. The minimum atomic E-state index is -0.874. The predicted octanol–water partition coefficient (Wildman–Crippen LogP) is 4.41. The lowest BCUT2D eigenvalue weighted by Crippen LogP contribution is -2.36. The summed E-state index contributed by atoms with van der Waals surface area (Å²) in [7, 11) is 0. The van der Waals surface area contributed by atoms with Crippen molar-refractivity contribution in [3.63, 3.8) is 0 Å². The van der Waals surface area contributed by atoms with Gasteiger partial charge in [-0.15, -0.1) is 0 Å². The quantitative estimate of drug-likeness (QED) is 0.455. The topological polar surface area (TPSA) is 105 Å². The summed E-state index contributed by atoms with van der Waals surface area (Å²) >= 11 is 0. The number of carbonyl (C=O) groups is 3. The highest BCUT2D eigenvalue weighted by Gasteiger charge is 2.29. The van der Waals surface area contributed by atoms with Crippen LogP contribution < -0.4 is 10.6 Å². The van der Waals surface area contributed by atoms with Crippen LogP contribution in [-0.4, -0.2) is 42.8 Å². The maximum Gasteiger partial charge on any atom is 0.407 e. The fourth-order valence-electron chi connectivity index (χ4n) is 4.27. The Morgan fingerprint density at radius 1 is 0.941 bits per heavy atom. The summed E-state index contributed by atoms with van der Waals surface area (Å²) in [5, 5.41) is 14.5. The SMILES string of the molecule is CC(CCNC(=O)CC(CNC(=O)OCC1c2ccccc2-c2ccccc21)C(C)C)C(=O)O. The van der Waals surface area contributed by atoms with Crippen molar-refractivity contribution in [3.05, 3.63) is 59.7 Å². The second-order valence-corrected chi connectivity index (χ2v) is 9.29. The van der Waals surface area contributed by atoms with Gasteiger partial charge in [-0.25, -0.2) is 4.79 Å². The van der Waals surface area contributed by atoms with Gasteiger partial charge in [-0.3, -0.25) is 9.59 Å². The monoisotopic (exact) mass is 466 g/mol. The number of carbonyl (C=O) groups excluding carboxylic acids is 2. The predicted molar refractivity (Wildman–Crippen MR) is 130 cm³/mol. The molecule has 7 heteroatoms. The number of ether oxygens (including phenoxy) is 1. The van der Waals surface area contributed by atoms with E-state index < -0.39 is 18.0 Å². The molecule has 0 radical (unpaired) electrons. The van der Waals surface area contributed by atoms with Crippen LogP contribution >= 0.6 is 0 Å². The number of nitrogens with one attached hydrogen (secondary N) is 2. The number of alkyl carbamates (subject to hydrolysis) is 1. The van der Waals surface area contributed by atoms with Crippen LogP contribution in [0.1, 0.15) is 50.7 Å². The van der Waals surface area contributed by atoms with Gasteiger partial charge < -0.3 is 20.5 Å². The Bertz CT molecular complexity index is 974. The number of hydrogen-bond acceptors (Lipinski definition) is 4. The molecule has 34 heavy (non-hydrogen) atoms. The first-order valence-electron chi connectivity index (χ1n) is 11.9. The largest absolute Gasteiger partial charge is 0.481 e. The molecule has 0 saturated carbocycles. The van der Waals surface area contributed by atoms with Crippen LogP contribution in [0.5, 0.6) is 0 Å². The van der Waals surface area contributed by atoms with E-state index in [-0.39, 0.29) is 36.7 Å². The third-order valence-electron chi connectivity index (χ3n) is 6.56. The number of fused-ring (bicyclic) bond motifs is 3. The zero-order chi connectivity index (χ0) is 24.7. The lowest BCUT2D eigenvalue weighted by atomic mass is 9.92. The van der Waals surface area contributed by atoms with Crippen LogP contribution in [0, 0.1) is 17.8 Å². The molecule has 182 valence electrons. The van der Waals surface area contributed by atoms with Gasteiger partial charge in [-0.2, -0.15) is 0 Å². The molecule has 0 bridgehead atoms. The molecule has 2 unspecified atom stereocenters. The van der Waals surface area contributed by atoms with Gasteiger partial charge in [0.25, 0.3) is 0 Å². The standard InChI is InChI=1S/C27H34N2O5/c1-17(2)19(14-25(30)28-13-12-18(3)26(31)32)15-29-27(33)34-16-24-22-10-6-4-8-20(22)21-9-5-7-11-23(21)24/h4-11,17-19,24H,12-16H2,1-3H3,(H,28,30)(H,29,33)(H,31,32). The summed E-state index contributed by atoms with van der Waals surface area (Å²) in [5.41, 5.74) is 4.67. The van der Waals surface area contributed by atoms with Crippen LogP contribution in [0.4, 0.5) is 4.79 Å². The Balaban J connectivity index is 1.48. The van der Waals surface area contributed by atoms with Crippen LogP contribution in [0.2, 0.25) is 0 Å². The molecule has 0 aromatic heterocycles. The average molecular weight is 467 g/mol. The number of amides is 2. The molecule has 2 aromatic rings. The molecule has 7 nitrogen and oxygen atoms in total. The molecule has 1 aliphatic carbocycles. The normalized spacial score (nSPS) is 14.1. The Morgan fingerprint density at radius 3 is 2.09 bits per heavy atom. The van der Waals surface area contributed by atoms with E-state index in [1.54, 1.807) is 6.92 Å². The number of rotatable bonds is 11. The van der Waals surface area contributed by atoms with Crippen LogP contribution in [0.15, 0.2) is 48.5 Å². The molecule has 3 rings (SSSR count). The molecule has 0 aliphatic heterocycles. The molecule has 2 atom stereocenters. The van der Waals surface area contributed by atoms with E-state index in [1.807, 2.05) is 38.1 Å².